The quantitative estimate of drug-likeness (QED) is 0.321. The van der Waals surface area contributed by atoms with Gasteiger partial charge in [-0.25, -0.2) is 4.79 Å². The van der Waals surface area contributed by atoms with Crippen LogP contribution < -0.4 is 10.6 Å². The highest BCUT2D eigenvalue weighted by Gasteiger charge is 2.28. The van der Waals surface area contributed by atoms with Gasteiger partial charge < -0.3 is 24.2 Å². The Bertz CT molecular complexity index is 1070. The Labute approximate surface area is 215 Å². The normalized spacial score (nSPS) is 12.6. The molecule has 9 heteroatoms. The molecule has 192 valence electrons. The second-order valence-electron chi connectivity index (χ2n) is 8.77. The molecule has 2 amide bonds. The number of nitrogens with one attached hydrogen (secondary N) is 2. The number of ether oxygens (including phenoxy) is 1. The molecular weight excluding hydrogens is 480 g/mol. The highest BCUT2D eigenvalue weighted by Crippen LogP contribution is 2.15. The van der Waals surface area contributed by atoms with Crippen LogP contribution >= 0.6 is 11.8 Å². The maximum Gasteiger partial charge on any atom is 0.408 e. The van der Waals surface area contributed by atoms with Gasteiger partial charge in [0.25, 0.3) is 0 Å². The Kier molecular flexibility index (Phi) is 10.7. The molecule has 0 fully saturated rings. The van der Waals surface area contributed by atoms with E-state index in [0.29, 0.717) is 24.4 Å². The Morgan fingerprint density at radius 3 is 2.22 bits per heavy atom. The summed E-state index contributed by atoms with van der Waals surface area (Å²) in [6, 6.07) is 15.0. The summed E-state index contributed by atoms with van der Waals surface area (Å²) in [5, 5.41) is 5.51. The molecule has 0 spiro atoms. The van der Waals surface area contributed by atoms with Crippen LogP contribution in [0.1, 0.15) is 37.4 Å². The van der Waals surface area contributed by atoms with E-state index in [-0.39, 0.29) is 24.1 Å². The minimum absolute atomic E-state index is 0.0448. The summed E-state index contributed by atoms with van der Waals surface area (Å²) < 4.78 is 15.7. The number of hydrogen-bond acceptors (Lipinski definition) is 7. The van der Waals surface area contributed by atoms with Gasteiger partial charge in [0.2, 0.25) is 5.91 Å². The average molecular weight is 513 g/mol. The Morgan fingerprint density at radius 2 is 1.58 bits per heavy atom. The summed E-state index contributed by atoms with van der Waals surface area (Å²) in [6.45, 7) is 3.86. The van der Waals surface area contributed by atoms with E-state index in [1.54, 1.807) is 24.5 Å². The van der Waals surface area contributed by atoms with Crippen LogP contribution in [0.15, 0.2) is 76.0 Å². The van der Waals surface area contributed by atoms with Crippen LogP contribution in [0.3, 0.4) is 0 Å². The third-order valence-corrected chi connectivity index (χ3v) is 6.28. The Hall–Kier alpha value is -3.46. The van der Waals surface area contributed by atoms with Gasteiger partial charge in [0.05, 0.1) is 30.1 Å². The lowest BCUT2D eigenvalue weighted by Crippen LogP contribution is -2.53. The minimum Gasteiger partial charge on any atom is -0.468 e. The zero-order chi connectivity index (χ0) is 25.8. The number of ketones is 1. The van der Waals surface area contributed by atoms with Gasteiger partial charge in [0.15, 0.2) is 12.4 Å². The molecule has 3 aromatic rings. The van der Waals surface area contributed by atoms with Crippen molar-refractivity contribution in [2.24, 2.45) is 5.92 Å². The molecule has 36 heavy (non-hydrogen) atoms. The fourth-order valence-corrected chi connectivity index (χ4v) is 4.40. The van der Waals surface area contributed by atoms with Crippen LogP contribution in [0.4, 0.5) is 4.79 Å². The highest BCUT2D eigenvalue weighted by molar-refractivity contribution is 7.99. The summed E-state index contributed by atoms with van der Waals surface area (Å²) in [4.78, 5) is 38.7. The van der Waals surface area contributed by atoms with Crippen LogP contribution in [0, 0.1) is 5.92 Å². The molecule has 0 aliphatic carbocycles. The van der Waals surface area contributed by atoms with Crippen LogP contribution in [-0.4, -0.2) is 35.6 Å². The molecule has 0 radical (unpaired) electrons. The topological polar surface area (TPSA) is 111 Å². The molecule has 8 nitrogen and oxygen atoms in total. The molecule has 2 heterocycles. The standard InChI is InChI=1S/C27H32N2O6S/c1-19(2)14-24(29-27(32)35-16-21-10-6-12-33-21)26(31)28-23(15-20-8-4-3-5-9-20)25(30)18-36-17-22-11-7-13-34-22/h3-13,19,23-24H,14-18H2,1-2H3,(H,28,31)(H,29,32)/t23-,24-/m0/s1. The summed E-state index contributed by atoms with van der Waals surface area (Å²) >= 11 is 1.43. The molecule has 1 aromatic carbocycles. The van der Waals surface area contributed by atoms with E-state index in [2.05, 4.69) is 10.6 Å². The minimum atomic E-state index is -0.851. The number of thioether (sulfide) groups is 1. The first-order chi connectivity index (χ1) is 17.4. The van der Waals surface area contributed by atoms with Gasteiger partial charge >= 0.3 is 6.09 Å². The lowest BCUT2D eigenvalue weighted by atomic mass is 10.00. The molecule has 0 saturated heterocycles. The zero-order valence-electron chi connectivity index (χ0n) is 20.5. The van der Waals surface area contributed by atoms with E-state index in [4.69, 9.17) is 13.6 Å². The number of carbonyl (C=O) groups is 3. The van der Waals surface area contributed by atoms with E-state index in [0.717, 1.165) is 11.3 Å². The van der Waals surface area contributed by atoms with Crippen molar-refractivity contribution in [3.8, 4) is 0 Å². The molecule has 0 aliphatic rings. The first kappa shape index (κ1) is 27.1. The van der Waals surface area contributed by atoms with Crippen molar-refractivity contribution in [2.75, 3.05) is 5.75 Å². The molecule has 2 aromatic heterocycles. The molecule has 3 rings (SSSR count). The van der Waals surface area contributed by atoms with Crippen molar-refractivity contribution in [3.05, 3.63) is 84.2 Å². The Morgan fingerprint density at radius 1 is 0.889 bits per heavy atom. The van der Waals surface area contributed by atoms with Crippen molar-refractivity contribution in [1.29, 1.82) is 0 Å². The number of Topliss-reactive ketones (excluding diaryl/α,β-unsaturated/α-hetero) is 1. The Balaban J connectivity index is 1.63. The van der Waals surface area contributed by atoms with Crippen molar-refractivity contribution in [1.82, 2.24) is 10.6 Å². The van der Waals surface area contributed by atoms with Crippen molar-refractivity contribution < 1.29 is 28.0 Å². The molecule has 0 unspecified atom stereocenters. The lowest BCUT2D eigenvalue weighted by molar-refractivity contribution is -0.128. The highest BCUT2D eigenvalue weighted by atomic mass is 32.2. The summed E-state index contributed by atoms with van der Waals surface area (Å²) in [5.74, 6) is 1.64. The van der Waals surface area contributed by atoms with E-state index in [1.807, 2.05) is 50.2 Å². The van der Waals surface area contributed by atoms with E-state index >= 15 is 0 Å². The van der Waals surface area contributed by atoms with E-state index in [1.165, 1.54) is 18.0 Å². The second kappa shape index (κ2) is 14.2. The predicted molar refractivity (Wildman–Crippen MR) is 137 cm³/mol. The van der Waals surface area contributed by atoms with Gasteiger partial charge in [0, 0.05) is 0 Å². The second-order valence-corrected chi connectivity index (χ2v) is 9.76. The fourth-order valence-electron chi connectivity index (χ4n) is 3.53. The van der Waals surface area contributed by atoms with Crippen molar-refractivity contribution >= 4 is 29.5 Å². The number of hydrogen-bond donors (Lipinski definition) is 2. The smallest absolute Gasteiger partial charge is 0.408 e. The summed E-state index contributed by atoms with van der Waals surface area (Å²) in [5.41, 5.74) is 0.929. The van der Waals surface area contributed by atoms with E-state index < -0.39 is 24.1 Å². The fraction of sp³-hybridized carbons (Fsp3) is 0.370. The van der Waals surface area contributed by atoms with Crippen molar-refractivity contribution in [3.63, 3.8) is 0 Å². The SMILES string of the molecule is CC(C)C[C@H](NC(=O)OCc1ccco1)C(=O)N[C@@H](Cc1ccccc1)C(=O)CSCc1ccco1. The number of alkyl carbamates (subject to hydrolysis) is 1. The largest absolute Gasteiger partial charge is 0.468 e. The van der Waals surface area contributed by atoms with Crippen molar-refractivity contribution in [2.45, 2.75) is 51.1 Å². The monoisotopic (exact) mass is 512 g/mol. The maximum atomic E-state index is 13.2. The third kappa shape index (κ3) is 9.30. The summed E-state index contributed by atoms with van der Waals surface area (Å²) in [7, 11) is 0. The zero-order valence-corrected chi connectivity index (χ0v) is 21.3. The van der Waals surface area contributed by atoms with Crippen LogP contribution in [-0.2, 0) is 33.1 Å². The molecule has 2 N–H and O–H groups in total. The van der Waals surface area contributed by atoms with Gasteiger partial charge in [-0.1, -0.05) is 44.2 Å². The molecular formula is C27H32N2O6S. The number of carbonyl (C=O) groups excluding carboxylic acids is 3. The number of furan rings is 2. The van der Waals surface area contributed by atoms with Gasteiger partial charge in [0.1, 0.15) is 17.6 Å². The lowest BCUT2D eigenvalue weighted by Gasteiger charge is -2.24. The third-order valence-electron chi connectivity index (χ3n) is 5.30. The average Bonchev–Trinajstić information content (AvgIpc) is 3.57. The van der Waals surface area contributed by atoms with Gasteiger partial charge in [-0.2, -0.15) is 0 Å². The number of rotatable bonds is 14. The molecule has 2 atom stereocenters. The first-order valence-electron chi connectivity index (χ1n) is 11.8. The summed E-state index contributed by atoms with van der Waals surface area (Å²) in [6.07, 6.45) is 3.10. The van der Waals surface area contributed by atoms with Gasteiger partial charge in [-0.15, -0.1) is 11.8 Å². The molecule has 0 bridgehead atoms. The maximum absolute atomic E-state index is 13.2. The van der Waals surface area contributed by atoms with Gasteiger partial charge in [-0.05, 0) is 48.6 Å². The predicted octanol–water partition coefficient (Wildman–Crippen LogP) is 4.74. The van der Waals surface area contributed by atoms with Gasteiger partial charge in [-0.3, -0.25) is 9.59 Å². The number of benzene rings is 1. The molecule has 0 saturated carbocycles. The van der Waals surface area contributed by atoms with E-state index in [9.17, 15) is 14.4 Å². The molecule has 0 aliphatic heterocycles. The van der Waals surface area contributed by atoms with Crippen LogP contribution in [0.25, 0.3) is 0 Å². The number of amides is 2. The first-order valence-corrected chi connectivity index (χ1v) is 13.0. The van der Waals surface area contributed by atoms with Crippen LogP contribution in [0.2, 0.25) is 0 Å². The van der Waals surface area contributed by atoms with Crippen LogP contribution in [0.5, 0.6) is 0 Å².